The van der Waals surface area contributed by atoms with Crippen LogP contribution in [0.2, 0.25) is 0 Å². The molecule has 1 saturated heterocycles. The van der Waals surface area contributed by atoms with E-state index in [1.165, 1.54) is 28.4 Å². The van der Waals surface area contributed by atoms with E-state index in [2.05, 4.69) is 10.3 Å². The van der Waals surface area contributed by atoms with E-state index in [1.807, 2.05) is 51.1 Å². The second-order valence-electron chi connectivity index (χ2n) is 11.1. The molecule has 2 heterocycles. The molecule has 2 amide bonds. The van der Waals surface area contributed by atoms with E-state index in [1.54, 1.807) is 30.5 Å². The van der Waals surface area contributed by atoms with Crippen LogP contribution in [-0.2, 0) is 26.0 Å². The van der Waals surface area contributed by atoms with Crippen LogP contribution < -0.4 is 15.0 Å². The summed E-state index contributed by atoms with van der Waals surface area (Å²) in [6, 6.07) is 18.0. The standard InChI is InChI=1S/C32H40N4O7S/c1-5-22(2)19-35(44(40,41)26-13-11-25(42-4)12-14-26)20-28(37)27(18-24-9-7-6-8-10-24)34-31(38)29-21-36(32(39)43-29)30-17-23(3)15-16-33-30/h6-17,22,27-29,37H,5,18-21H2,1-4H3,(H,34,38)/t22-,27?,28+,29-/m0/s1. The highest BCUT2D eigenvalue weighted by Gasteiger charge is 2.39. The highest BCUT2D eigenvalue weighted by molar-refractivity contribution is 7.89. The van der Waals surface area contributed by atoms with Crippen LogP contribution in [0.15, 0.2) is 77.8 Å². The molecule has 2 aromatic carbocycles. The van der Waals surface area contributed by atoms with Crippen LogP contribution in [-0.4, -0.2) is 79.8 Å². The summed E-state index contributed by atoms with van der Waals surface area (Å²) in [5, 5.41) is 14.4. The number of hydrogen-bond acceptors (Lipinski definition) is 8. The Balaban J connectivity index is 1.56. The SMILES string of the molecule is CC[C@H](C)CN(C[C@@H](O)C(Cc1ccccc1)NC(=O)[C@@H]1CN(c2cc(C)ccn2)C(=O)O1)S(=O)(=O)c1ccc(OC)cc1. The van der Waals surface area contributed by atoms with Crippen molar-refractivity contribution in [3.63, 3.8) is 0 Å². The smallest absolute Gasteiger partial charge is 0.416 e. The van der Waals surface area contributed by atoms with Gasteiger partial charge in [0.05, 0.1) is 30.7 Å². The number of amides is 2. The minimum Gasteiger partial charge on any atom is -0.497 e. The maximum atomic E-state index is 13.8. The number of aryl methyl sites for hydroxylation is 1. The lowest BCUT2D eigenvalue weighted by Crippen LogP contribution is -2.53. The number of aliphatic hydroxyl groups is 1. The fourth-order valence-corrected chi connectivity index (χ4v) is 6.44. The summed E-state index contributed by atoms with van der Waals surface area (Å²) in [6.45, 7) is 5.63. The van der Waals surface area contributed by atoms with Gasteiger partial charge in [-0.15, -0.1) is 0 Å². The first kappa shape index (κ1) is 32.9. The van der Waals surface area contributed by atoms with Crippen LogP contribution >= 0.6 is 0 Å². The predicted molar refractivity (Wildman–Crippen MR) is 166 cm³/mol. The van der Waals surface area contributed by atoms with Gasteiger partial charge in [-0.05, 0) is 66.8 Å². The van der Waals surface area contributed by atoms with Crippen LogP contribution in [0.1, 0.15) is 31.4 Å². The molecule has 0 spiro atoms. The maximum Gasteiger partial charge on any atom is 0.416 e. The van der Waals surface area contributed by atoms with Gasteiger partial charge in [0.25, 0.3) is 5.91 Å². The first-order valence-corrected chi connectivity index (χ1v) is 16.0. The number of carbonyl (C=O) groups excluding carboxylic acids is 2. The minimum absolute atomic E-state index is 0.0107. The lowest BCUT2D eigenvalue weighted by Gasteiger charge is -2.31. The molecule has 0 aliphatic carbocycles. The first-order chi connectivity index (χ1) is 21.0. The average molecular weight is 625 g/mol. The molecule has 1 aliphatic rings. The van der Waals surface area contributed by atoms with E-state index in [0.717, 1.165) is 17.5 Å². The van der Waals surface area contributed by atoms with Crippen molar-refractivity contribution in [3.8, 4) is 5.75 Å². The third-order valence-electron chi connectivity index (χ3n) is 7.67. The zero-order chi connectivity index (χ0) is 31.9. The highest BCUT2D eigenvalue weighted by Crippen LogP contribution is 2.23. The number of nitrogens with one attached hydrogen (secondary N) is 1. The molecule has 1 fully saturated rings. The molecule has 0 saturated carbocycles. The van der Waals surface area contributed by atoms with Gasteiger partial charge in [0.15, 0.2) is 6.10 Å². The van der Waals surface area contributed by atoms with E-state index < -0.39 is 40.3 Å². The summed E-state index contributed by atoms with van der Waals surface area (Å²) in [6.07, 6.45) is -0.611. The van der Waals surface area contributed by atoms with Crippen molar-refractivity contribution in [1.82, 2.24) is 14.6 Å². The van der Waals surface area contributed by atoms with E-state index in [0.29, 0.717) is 11.6 Å². The quantitative estimate of drug-likeness (QED) is 0.278. The number of aromatic nitrogens is 1. The molecule has 1 unspecified atom stereocenters. The largest absolute Gasteiger partial charge is 0.497 e. The van der Waals surface area contributed by atoms with Gasteiger partial charge in [0.1, 0.15) is 11.6 Å². The van der Waals surface area contributed by atoms with E-state index >= 15 is 0 Å². The molecule has 0 bridgehead atoms. The summed E-state index contributed by atoms with van der Waals surface area (Å²) < 4.78 is 39.4. The summed E-state index contributed by atoms with van der Waals surface area (Å²) in [5.74, 6) is 0.305. The van der Waals surface area contributed by atoms with Crippen LogP contribution in [0.25, 0.3) is 0 Å². The van der Waals surface area contributed by atoms with Gasteiger partial charge in [-0.3, -0.25) is 9.69 Å². The van der Waals surface area contributed by atoms with Crippen LogP contribution in [0, 0.1) is 12.8 Å². The van der Waals surface area contributed by atoms with Crippen molar-refractivity contribution in [3.05, 3.63) is 84.1 Å². The topological polar surface area (TPSA) is 138 Å². The molecule has 4 atom stereocenters. The zero-order valence-corrected chi connectivity index (χ0v) is 26.2. The van der Waals surface area contributed by atoms with Crippen molar-refractivity contribution < 1.29 is 32.6 Å². The average Bonchev–Trinajstić information content (AvgIpc) is 3.42. The van der Waals surface area contributed by atoms with Crippen molar-refractivity contribution in [2.75, 3.05) is 31.6 Å². The summed E-state index contributed by atoms with van der Waals surface area (Å²) in [7, 11) is -2.50. The van der Waals surface area contributed by atoms with E-state index in [9.17, 15) is 23.1 Å². The Kier molecular flexibility index (Phi) is 11.0. The van der Waals surface area contributed by atoms with Gasteiger partial charge in [0.2, 0.25) is 10.0 Å². The molecule has 0 radical (unpaired) electrons. The van der Waals surface area contributed by atoms with Gasteiger partial charge in [0, 0.05) is 19.3 Å². The van der Waals surface area contributed by atoms with Gasteiger partial charge < -0.3 is 19.9 Å². The molecule has 1 aromatic heterocycles. The summed E-state index contributed by atoms with van der Waals surface area (Å²) in [5.41, 5.74) is 1.73. The number of methoxy groups -OCH3 is 1. The molecular weight excluding hydrogens is 584 g/mol. The predicted octanol–water partition coefficient (Wildman–Crippen LogP) is 3.55. The minimum atomic E-state index is -4.00. The van der Waals surface area contributed by atoms with Gasteiger partial charge >= 0.3 is 6.09 Å². The Morgan fingerprint density at radius 3 is 2.50 bits per heavy atom. The number of cyclic esters (lactones) is 1. The number of sulfonamides is 1. The Bertz CT molecular complexity index is 1520. The van der Waals surface area contributed by atoms with E-state index in [4.69, 9.17) is 9.47 Å². The third-order valence-corrected chi connectivity index (χ3v) is 9.52. The molecule has 11 nitrogen and oxygen atoms in total. The van der Waals surface area contributed by atoms with Crippen LogP contribution in [0.5, 0.6) is 5.75 Å². The molecule has 2 N–H and O–H groups in total. The monoisotopic (exact) mass is 624 g/mol. The molecular formula is C32H40N4O7S. The van der Waals surface area contributed by atoms with Crippen molar-refractivity contribution in [2.24, 2.45) is 5.92 Å². The summed E-state index contributed by atoms with van der Waals surface area (Å²) >= 11 is 0. The molecule has 1 aliphatic heterocycles. The fraction of sp³-hybridized carbons (Fsp3) is 0.406. The lowest BCUT2D eigenvalue weighted by atomic mass is 10.0. The number of carbonyl (C=O) groups is 2. The number of benzene rings is 2. The molecule has 44 heavy (non-hydrogen) atoms. The lowest BCUT2D eigenvalue weighted by molar-refractivity contribution is -0.129. The van der Waals surface area contributed by atoms with Crippen LogP contribution in [0.3, 0.4) is 0 Å². The van der Waals surface area contributed by atoms with Crippen molar-refractivity contribution >= 4 is 27.8 Å². The van der Waals surface area contributed by atoms with Gasteiger partial charge in [-0.25, -0.2) is 18.2 Å². The number of nitrogens with zero attached hydrogens (tertiary/aromatic N) is 3. The normalized spacial score (nSPS) is 17.2. The number of hydrogen-bond donors (Lipinski definition) is 2. The number of aliphatic hydroxyl groups excluding tert-OH is 1. The third kappa shape index (κ3) is 8.13. The fourth-order valence-electron chi connectivity index (χ4n) is 4.86. The summed E-state index contributed by atoms with van der Waals surface area (Å²) in [4.78, 5) is 31.6. The zero-order valence-electron chi connectivity index (χ0n) is 25.4. The Labute approximate surface area is 258 Å². The van der Waals surface area contributed by atoms with Crippen LogP contribution in [0.4, 0.5) is 10.6 Å². The van der Waals surface area contributed by atoms with Gasteiger partial charge in [-0.2, -0.15) is 4.31 Å². The first-order valence-electron chi connectivity index (χ1n) is 14.6. The number of rotatable bonds is 14. The Morgan fingerprint density at radius 1 is 1.16 bits per heavy atom. The number of pyridine rings is 1. The number of ether oxygens (including phenoxy) is 2. The maximum absolute atomic E-state index is 13.8. The molecule has 12 heteroatoms. The number of anilines is 1. The second kappa shape index (κ2) is 14.7. The molecule has 3 aromatic rings. The molecule has 236 valence electrons. The van der Waals surface area contributed by atoms with Gasteiger partial charge in [-0.1, -0.05) is 50.6 Å². The second-order valence-corrected chi connectivity index (χ2v) is 13.0. The highest BCUT2D eigenvalue weighted by atomic mass is 32.2. The van der Waals surface area contributed by atoms with E-state index in [-0.39, 0.29) is 36.9 Å². The molecule has 4 rings (SSSR count). The Morgan fingerprint density at radius 2 is 1.86 bits per heavy atom. The Hall–Kier alpha value is -4.00. The van der Waals surface area contributed by atoms with Crippen molar-refractivity contribution in [1.29, 1.82) is 0 Å². The van der Waals surface area contributed by atoms with Crippen molar-refractivity contribution in [2.45, 2.75) is 56.8 Å².